The summed E-state index contributed by atoms with van der Waals surface area (Å²) in [4.78, 5) is 11.5. The molecule has 1 amide bonds. The number of ether oxygens (including phenoxy) is 1. The first kappa shape index (κ1) is 24.4. The number of allylic oxidation sites excluding steroid dienone is 8. The minimum atomic E-state index is 0.109. The SMILES string of the molecule is CCCCCC=CCC=CCC=CCC=CCCCC(=O)NCCOC. The van der Waals surface area contributed by atoms with Crippen molar-refractivity contribution in [2.24, 2.45) is 0 Å². The molecule has 0 radical (unpaired) electrons. The molecule has 0 aliphatic carbocycles. The summed E-state index contributed by atoms with van der Waals surface area (Å²) in [7, 11) is 1.63. The van der Waals surface area contributed by atoms with Crippen molar-refractivity contribution in [2.75, 3.05) is 20.3 Å². The van der Waals surface area contributed by atoms with Crippen LogP contribution in [0.2, 0.25) is 0 Å². The highest BCUT2D eigenvalue weighted by Gasteiger charge is 1.98. The fraction of sp³-hybridized carbons (Fsp3) is 0.609. The molecule has 0 unspecified atom stereocenters. The van der Waals surface area contributed by atoms with Gasteiger partial charge in [0.2, 0.25) is 5.91 Å². The Hall–Kier alpha value is -1.61. The predicted octanol–water partition coefficient (Wildman–Crippen LogP) is 5.89. The number of carbonyl (C=O) groups is 1. The molecule has 26 heavy (non-hydrogen) atoms. The van der Waals surface area contributed by atoms with E-state index >= 15 is 0 Å². The largest absolute Gasteiger partial charge is 0.383 e. The van der Waals surface area contributed by atoms with Gasteiger partial charge >= 0.3 is 0 Å². The van der Waals surface area contributed by atoms with E-state index in [1.807, 2.05) is 0 Å². The van der Waals surface area contributed by atoms with E-state index in [1.165, 1.54) is 25.7 Å². The molecule has 0 aliphatic rings. The van der Waals surface area contributed by atoms with Gasteiger partial charge in [-0.3, -0.25) is 4.79 Å². The van der Waals surface area contributed by atoms with E-state index in [1.54, 1.807) is 7.11 Å². The first-order valence-electron chi connectivity index (χ1n) is 10.2. The average Bonchev–Trinajstić information content (AvgIpc) is 2.64. The Labute approximate surface area is 161 Å². The van der Waals surface area contributed by atoms with Gasteiger partial charge in [0, 0.05) is 20.1 Å². The van der Waals surface area contributed by atoms with Crippen molar-refractivity contribution in [3.8, 4) is 0 Å². The van der Waals surface area contributed by atoms with Crippen molar-refractivity contribution in [1.29, 1.82) is 0 Å². The van der Waals surface area contributed by atoms with Crippen molar-refractivity contribution in [3.05, 3.63) is 48.6 Å². The molecule has 0 aromatic rings. The minimum Gasteiger partial charge on any atom is -0.383 e. The molecular weight excluding hydrogens is 322 g/mol. The van der Waals surface area contributed by atoms with E-state index in [-0.39, 0.29) is 5.91 Å². The predicted molar refractivity (Wildman–Crippen MR) is 113 cm³/mol. The Kier molecular flexibility index (Phi) is 20.1. The Morgan fingerprint density at radius 1 is 0.808 bits per heavy atom. The normalized spacial score (nSPS) is 12.2. The van der Waals surface area contributed by atoms with Crippen LogP contribution in [-0.2, 0) is 9.53 Å². The average molecular weight is 362 g/mol. The fourth-order valence-corrected chi connectivity index (χ4v) is 2.32. The third-order valence-corrected chi connectivity index (χ3v) is 3.86. The molecule has 1 N–H and O–H groups in total. The van der Waals surface area contributed by atoms with Crippen molar-refractivity contribution in [2.45, 2.75) is 71.1 Å². The van der Waals surface area contributed by atoms with Crippen molar-refractivity contribution in [3.63, 3.8) is 0 Å². The van der Waals surface area contributed by atoms with Gasteiger partial charge in [-0.15, -0.1) is 0 Å². The number of hydrogen-bond donors (Lipinski definition) is 1. The van der Waals surface area contributed by atoms with Gasteiger partial charge in [0.25, 0.3) is 0 Å². The van der Waals surface area contributed by atoms with Crippen LogP contribution in [0.1, 0.15) is 71.1 Å². The summed E-state index contributed by atoms with van der Waals surface area (Å²) in [6, 6.07) is 0. The zero-order valence-corrected chi connectivity index (χ0v) is 16.9. The van der Waals surface area contributed by atoms with Gasteiger partial charge in [-0.2, -0.15) is 0 Å². The Balaban J connectivity index is 3.44. The summed E-state index contributed by atoms with van der Waals surface area (Å²) in [6.45, 7) is 3.41. The number of methoxy groups -OCH3 is 1. The van der Waals surface area contributed by atoms with Crippen LogP contribution in [0.5, 0.6) is 0 Å². The van der Waals surface area contributed by atoms with E-state index in [9.17, 15) is 4.79 Å². The van der Waals surface area contributed by atoms with E-state index in [0.717, 1.165) is 32.1 Å². The van der Waals surface area contributed by atoms with Crippen molar-refractivity contribution >= 4 is 5.91 Å². The Morgan fingerprint density at radius 2 is 1.35 bits per heavy atom. The zero-order chi connectivity index (χ0) is 19.1. The molecule has 0 fully saturated rings. The van der Waals surface area contributed by atoms with E-state index < -0.39 is 0 Å². The molecule has 3 nitrogen and oxygen atoms in total. The Bertz CT molecular complexity index is 422. The van der Waals surface area contributed by atoms with E-state index in [0.29, 0.717) is 19.6 Å². The van der Waals surface area contributed by atoms with E-state index in [2.05, 4.69) is 60.8 Å². The highest BCUT2D eigenvalue weighted by molar-refractivity contribution is 5.75. The Morgan fingerprint density at radius 3 is 1.88 bits per heavy atom. The summed E-state index contributed by atoms with van der Waals surface area (Å²) < 4.78 is 4.89. The number of unbranched alkanes of at least 4 members (excludes halogenated alkanes) is 4. The molecule has 148 valence electrons. The number of hydrogen-bond acceptors (Lipinski definition) is 2. The highest BCUT2D eigenvalue weighted by Crippen LogP contribution is 2.01. The molecule has 0 rings (SSSR count). The van der Waals surface area contributed by atoms with Gasteiger partial charge in [0.1, 0.15) is 0 Å². The summed E-state index contributed by atoms with van der Waals surface area (Å²) in [5.74, 6) is 0.109. The molecule has 0 heterocycles. The van der Waals surface area contributed by atoms with Crippen LogP contribution >= 0.6 is 0 Å². The molecule has 0 spiro atoms. The van der Waals surface area contributed by atoms with Crippen molar-refractivity contribution < 1.29 is 9.53 Å². The standard InChI is InChI=1S/C23H39NO2/c1-3-4-5-6-7-8-9-10-11-12-13-14-15-16-17-18-19-20-23(25)24-21-22-26-2/h7-8,10-11,13-14,16-17H,3-6,9,12,15,18-22H2,1-2H3,(H,24,25). The van der Waals surface area contributed by atoms with Gasteiger partial charge in [-0.1, -0.05) is 68.4 Å². The molecule has 0 saturated heterocycles. The second-order valence-electron chi connectivity index (χ2n) is 6.32. The summed E-state index contributed by atoms with van der Waals surface area (Å²) >= 11 is 0. The van der Waals surface area contributed by atoms with Gasteiger partial charge < -0.3 is 10.1 Å². The number of amides is 1. The van der Waals surface area contributed by atoms with Gasteiger partial charge in [0.15, 0.2) is 0 Å². The third-order valence-electron chi connectivity index (χ3n) is 3.86. The lowest BCUT2D eigenvalue weighted by Gasteiger charge is -2.02. The van der Waals surface area contributed by atoms with Crippen LogP contribution in [0, 0.1) is 0 Å². The molecular formula is C23H39NO2. The van der Waals surface area contributed by atoms with Crippen LogP contribution in [0.25, 0.3) is 0 Å². The maximum absolute atomic E-state index is 11.5. The zero-order valence-electron chi connectivity index (χ0n) is 16.9. The third kappa shape index (κ3) is 20.4. The summed E-state index contributed by atoms with van der Waals surface area (Å²) in [5.41, 5.74) is 0. The van der Waals surface area contributed by atoms with Crippen LogP contribution in [0.15, 0.2) is 48.6 Å². The minimum absolute atomic E-state index is 0.109. The van der Waals surface area contributed by atoms with Gasteiger partial charge in [-0.25, -0.2) is 0 Å². The molecule has 0 aliphatic heterocycles. The number of carbonyl (C=O) groups excluding carboxylic acids is 1. The van der Waals surface area contributed by atoms with Gasteiger partial charge in [0.05, 0.1) is 6.61 Å². The van der Waals surface area contributed by atoms with Crippen molar-refractivity contribution in [1.82, 2.24) is 5.32 Å². The summed E-state index contributed by atoms with van der Waals surface area (Å²) in [5, 5.41) is 2.83. The first-order chi connectivity index (χ1) is 12.8. The quantitative estimate of drug-likeness (QED) is 0.259. The molecule has 0 atom stereocenters. The molecule has 0 aromatic carbocycles. The monoisotopic (exact) mass is 361 g/mol. The van der Waals surface area contributed by atoms with Crippen LogP contribution in [-0.4, -0.2) is 26.2 Å². The maximum atomic E-state index is 11.5. The van der Waals surface area contributed by atoms with Crippen LogP contribution in [0.3, 0.4) is 0 Å². The molecule has 0 bridgehead atoms. The fourth-order valence-electron chi connectivity index (χ4n) is 2.32. The smallest absolute Gasteiger partial charge is 0.220 e. The molecule has 0 saturated carbocycles. The molecule has 0 aromatic heterocycles. The second kappa shape index (κ2) is 21.4. The summed E-state index contributed by atoms with van der Waals surface area (Å²) in [6.07, 6.45) is 28.3. The lowest BCUT2D eigenvalue weighted by Crippen LogP contribution is -2.26. The van der Waals surface area contributed by atoms with E-state index in [4.69, 9.17) is 4.74 Å². The lowest BCUT2D eigenvalue weighted by atomic mass is 10.2. The molecule has 3 heteroatoms. The number of nitrogens with one attached hydrogen (secondary N) is 1. The van der Waals surface area contributed by atoms with Gasteiger partial charge in [-0.05, 0) is 44.9 Å². The van der Waals surface area contributed by atoms with Crippen LogP contribution in [0.4, 0.5) is 0 Å². The maximum Gasteiger partial charge on any atom is 0.220 e. The second-order valence-corrected chi connectivity index (χ2v) is 6.32. The highest BCUT2D eigenvalue weighted by atomic mass is 16.5. The van der Waals surface area contributed by atoms with Crippen LogP contribution < -0.4 is 5.32 Å². The first-order valence-corrected chi connectivity index (χ1v) is 10.2. The lowest BCUT2D eigenvalue weighted by molar-refractivity contribution is -0.121. The topological polar surface area (TPSA) is 38.3 Å². The number of rotatable bonds is 17.